The monoisotopic (exact) mass is 301 g/mol. The number of nitrogens with one attached hydrogen (secondary N) is 1. The van der Waals surface area contributed by atoms with Gasteiger partial charge in [-0.05, 0) is 18.9 Å². The Kier molecular flexibility index (Phi) is 2.78. The molecule has 20 heavy (non-hydrogen) atoms. The SMILES string of the molecule is O=C(Nc1nnc(C2CC2)s1)c1csc2ccccc12. The topological polar surface area (TPSA) is 54.9 Å². The second-order valence-corrected chi connectivity index (χ2v) is 6.74. The summed E-state index contributed by atoms with van der Waals surface area (Å²) in [6, 6.07) is 7.92. The lowest BCUT2D eigenvalue weighted by Gasteiger charge is -1.99. The van der Waals surface area contributed by atoms with Crippen molar-refractivity contribution in [3.63, 3.8) is 0 Å². The van der Waals surface area contributed by atoms with E-state index >= 15 is 0 Å². The minimum absolute atomic E-state index is 0.110. The standard InChI is InChI=1S/C14H11N3OS2/c18-12(10-7-19-11-4-2-1-3-9(10)11)15-14-17-16-13(20-14)8-5-6-8/h1-4,7-8H,5-6H2,(H,15,17,18). The molecule has 1 N–H and O–H groups in total. The molecule has 1 amide bonds. The zero-order valence-corrected chi connectivity index (χ0v) is 12.1. The Morgan fingerprint density at radius 1 is 1.25 bits per heavy atom. The largest absolute Gasteiger partial charge is 0.296 e. The van der Waals surface area contributed by atoms with Gasteiger partial charge in [-0.25, -0.2) is 0 Å². The van der Waals surface area contributed by atoms with Crippen LogP contribution in [0.2, 0.25) is 0 Å². The summed E-state index contributed by atoms with van der Waals surface area (Å²) < 4.78 is 1.12. The van der Waals surface area contributed by atoms with Crippen LogP contribution in [0.1, 0.15) is 34.1 Å². The first-order valence-electron chi connectivity index (χ1n) is 6.42. The van der Waals surface area contributed by atoms with Crippen LogP contribution in [0.5, 0.6) is 0 Å². The molecule has 1 aliphatic rings. The molecule has 4 nitrogen and oxygen atoms in total. The van der Waals surface area contributed by atoms with Crippen LogP contribution in [0.25, 0.3) is 10.1 Å². The van der Waals surface area contributed by atoms with Gasteiger partial charge >= 0.3 is 0 Å². The molecular formula is C14H11N3OS2. The Labute approximate surface area is 123 Å². The number of thiophene rings is 1. The third kappa shape index (κ3) is 2.10. The second-order valence-electron chi connectivity index (χ2n) is 4.82. The minimum Gasteiger partial charge on any atom is -0.296 e. The molecule has 2 heterocycles. The van der Waals surface area contributed by atoms with Crippen LogP contribution >= 0.6 is 22.7 Å². The summed E-state index contributed by atoms with van der Waals surface area (Å²) in [5.74, 6) is 0.459. The summed E-state index contributed by atoms with van der Waals surface area (Å²) in [4.78, 5) is 12.3. The highest BCUT2D eigenvalue weighted by molar-refractivity contribution is 7.17. The molecule has 100 valence electrons. The first-order valence-corrected chi connectivity index (χ1v) is 8.12. The van der Waals surface area contributed by atoms with E-state index in [1.807, 2.05) is 29.6 Å². The maximum absolute atomic E-state index is 12.3. The number of anilines is 1. The van der Waals surface area contributed by atoms with Gasteiger partial charge in [0.2, 0.25) is 5.13 Å². The highest BCUT2D eigenvalue weighted by atomic mass is 32.1. The van der Waals surface area contributed by atoms with Crippen molar-refractivity contribution >= 4 is 43.8 Å². The van der Waals surface area contributed by atoms with Gasteiger partial charge in [-0.3, -0.25) is 10.1 Å². The first kappa shape index (κ1) is 12.0. The third-order valence-corrected chi connectivity index (χ3v) is 5.28. The molecule has 2 aromatic heterocycles. The van der Waals surface area contributed by atoms with Crippen LogP contribution in [-0.2, 0) is 0 Å². The molecule has 0 atom stereocenters. The Bertz CT molecular complexity index is 788. The van der Waals surface area contributed by atoms with E-state index < -0.39 is 0 Å². The van der Waals surface area contributed by atoms with Crippen LogP contribution in [0.15, 0.2) is 29.6 Å². The van der Waals surface area contributed by atoms with E-state index in [1.54, 1.807) is 11.3 Å². The quantitative estimate of drug-likeness (QED) is 0.798. The molecule has 6 heteroatoms. The van der Waals surface area contributed by atoms with Gasteiger partial charge in [-0.2, -0.15) is 0 Å². The number of carbonyl (C=O) groups excluding carboxylic acids is 1. The van der Waals surface area contributed by atoms with E-state index in [4.69, 9.17) is 0 Å². The van der Waals surface area contributed by atoms with E-state index in [9.17, 15) is 4.79 Å². The zero-order valence-electron chi connectivity index (χ0n) is 10.5. The summed E-state index contributed by atoms with van der Waals surface area (Å²) in [6.07, 6.45) is 2.38. The Hall–Kier alpha value is -1.79. The number of benzene rings is 1. The fourth-order valence-corrected chi connectivity index (χ4v) is 3.95. The van der Waals surface area contributed by atoms with Crippen molar-refractivity contribution in [2.24, 2.45) is 0 Å². The molecule has 3 aromatic rings. The number of rotatable bonds is 3. The Morgan fingerprint density at radius 3 is 2.95 bits per heavy atom. The molecule has 0 unspecified atom stereocenters. The normalized spacial score (nSPS) is 14.6. The van der Waals surface area contributed by atoms with Crippen molar-refractivity contribution in [2.75, 3.05) is 5.32 Å². The summed E-state index contributed by atoms with van der Waals surface area (Å²) in [5.41, 5.74) is 0.703. The van der Waals surface area contributed by atoms with Crippen LogP contribution in [0, 0.1) is 0 Å². The van der Waals surface area contributed by atoms with Gasteiger partial charge in [0.15, 0.2) is 0 Å². The van der Waals surface area contributed by atoms with E-state index in [1.165, 1.54) is 24.2 Å². The molecule has 1 aliphatic carbocycles. The van der Waals surface area contributed by atoms with Gasteiger partial charge in [0.05, 0.1) is 5.56 Å². The van der Waals surface area contributed by atoms with Crippen molar-refractivity contribution in [2.45, 2.75) is 18.8 Å². The molecular weight excluding hydrogens is 290 g/mol. The minimum atomic E-state index is -0.110. The van der Waals surface area contributed by atoms with Gasteiger partial charge in [-0.1, -0.05) is 29.5 Å². The van der Waals surface area contributed by atoms with E-state index in [-0.39, 0.29) is 5.91 Å². The number of nitrogens with zero attached hydrogens (tertiary/aromatic N) is 2. The van der Waals surface area contributed by atoms with Crippen molar-refractivity contribution in [1.29, 1.82) is 0 Å². The molecule has 0 bridgehead atoms. The zero-order chi connectivity index (χ0) is 13.5. The fraction of sp³-hybridized carbons (Fsp3) is 0.214. The number of hydrogen-bond donors (Lipinski definition) is 1. The maximum atomic E-state index is 12.3. The Balaban J connectivity index is 1.59. The first-order chi connectivity index (χ1) is 9.81. The molecule has 0 saturated heterocycles. The number of carbonyl (C=O) groups is 1. The molecule has 0 spiro atoms. The lowest BCUT2D eigenvalue weighted by molar-refractivity contribution is 0.102. The van der Waals surface area contributed by atoms with Gasteiger partial charge in [0.1, 0.15) is 5.01 Å². The van der Waals surface area contributed by atoms with Crippen LogP contribution in [0.4, 0.5) is 5.13 Å². The molecule has 1 fully saturated rings. The van der Waals surface area contributed by atoms with Crippen molar-refractivity contribution in [1.82, 2.24) is 10.2 Å². The van der Waals surface area contributed by atoms with Gasteiger partial charge < -0.3 is 0 Å². The van der Waals surface area contributed by atoms with Crippen LogP contribution in [-0.4, -0.2) is 16.1 Å². The molecule has 1 saturated carbocycles. The predicted octanol–water partition coefficient (Wildman–Crippen LogP) is 3.88. The summed E-state index contributed by atoms with van der Waals surface area (Å²) in [6.45, 7) is 0. The average molecular weight is 301 g/mol. The van der Waals surface area contributed by atoms with Crippen LogP contribution < -0.4 is 5.32 Å². The third-order valence-electron chi connectivity index (χ3n) is 3.31. The summed E-state index contributed by atoms with van der Waals surface area (Å²) in [7, 11) is 0. The van der Waals surface area contributed by atoms with E-state index in [0.29, 0.717) is 16.6 Å². The van der Waals surface area contributed by atoms with Gasteiger partial charge in [0, 0.05) is 21.4 Å². The van der Waals surface area contributed by atoms with Gasteiger partial charge in [0.25, 0.3) is 5.91 Å². The van der Waals surface area contributed by atoms with Crippen LogP contribution in [0.3, 0.4) is 0 Å². The number of aromatic nitrogens is 2. The highest BCUT2D eigenvalue weighted by Crippen LogP contribution is 2.42. The predicted molar refractivity (Wildman–Crippen MR) is 81.7 cm³/mol. The summed E-state index contributed by atoms with van der Waals surface area (Å²) in [5, 5.41) is 15.5. The summed E-state index contributed by atoms with van der Waals surface area (Å²) >= 11 is 3.06. The lowest BCUT2D eigenvalue weighted by atomic mass is 10.2. The maximum Gasteiger partial charge on any atom is 0.258 e. The Morgan fingerprint density at radius 2 is 2.10 bits per heavy atom. The van der Waals surface area contributed by atoms with Crippen molar-refractivity contribution in [3.8, 4) is 0 Å². The lowest BCUT2D eigenvalue weighted by Crippen LogP contribution is -2.10. The van der Waals surface area contributed by atoms with Crippen molar-refractivity contribution in [3.05, 3.63) is 40.2 Å². The number of hydrogen-bond acceptors (Lipinski definition) is 5. The molecule has 0 aliphatic heterocycles. The van der Waals surface area contributed by atoms with Gasteiger partial charge in [-0.15, -0.1) is 21.5 Å². The number of fused-ring (bicyclic) bond motifs is 1. The second kappa shape index (κ2) is 4.64. The highest BCUT2D eigenvalue weighted by Gasteiger charge is 2.27. The molecule has 0 radical (unpaired) electrons. The van der Waals surface area contributed by atoms with E-state index in [0.717, 1.165) is 15.1 Å². The number of amides is 1. The van der Waals surface area contributed by atoms with Crippen molar-refractivity contribution < 1.29 is 4.79 Å². The smallest absolute Gasteiger partial charge is 0.258 e. The molecule has 1 aromatic carbocycles. The van der Waals surface area contributed by atoms with E-state index in [2.05, 4.69) is 15.5 Å². The molecule has 4 rings (SSSR count). The fourth-order valence-electron chi connectivity index (χ4n) is 2.10. The average Bonchev–Trinajstić information content (AvgIpc) is 3.06.